The monoisotopic (exact) mass is 883 g/mol. The van der Waals surface area contributed by atoms with Gasteiger partial charge in [0, 0.05) is 12.8 Å². The summed E-state index contributed by atoms with van der Waals surface area (Å²) in [6, 6.07) is 0. The summed E-state index contributed by atoms with van der Waals surface area (Å²) in [5.74, 6) is -1.98. The molecular weight excluding hydrogens is 779 g/mol. The van der Waals surface area contributed by atoms with E-state index in [2.05, 4.69) is 13.8 Å². The van der Waals surface area contributed by atoms with Gasteiger partial charge >= 0.3 is 17.9 Å². The zero-order valence-corrected chi connectivity index (χ0v) is 41.8. The lowest BCUT2D eigenvalue weighted by Crippen LogP contribution is -2.40. The summed E-state index contributed by atoms with van der Waals surface area (Å²) in [6.45, 7) is 4.93. The summed E-state index contributed by atoms with van der Waals surface area (Å²) < 4.78 is 22.8. The van der Waals surface area contributed by atoms with Crippen molar-refractivity contribution in [3.05, 3.63) is 0 Å². The van der Waals surface area contributed by atoms with Gasteiger partial charge in [-0.25, -0.2) is 4.79 Å². The van der Waals surface area contributed by atoms with Crippen LogP contribution in [0.2, 0.25) is 0 Å². The van der Waals surface area contributed by atoms with E-state index in [1.165, 1.54) is 199 Å². The molecule has 2 atom stereocenters. The van der Waals surface area contributed by atoms with E-state index in [4.69, 9.17) is 18.9 Å². The van der Waals surface area contributed by atoms with Crippen LogP contribution in [0.4, 0.5) is 0 Å². The van der Waals surface area contributed by atoms with Crippen molar-refractivity contribution in [2.75, 3.05) is 47.5 Å². The van der Waals surface area contributed by atoms with Crippen molar-refractivity contribution in [1.82, 2.24) is 0 Å². The number of nitrogens with zero attached hydrogens (tertiary/aromatic N) is 1. The maximum absolute atomic E-state index is 12.8. The number of hydrogen-bond acceptors (Lipinski definition) is 7. The van der Waals surface area contributed by atoms with Gasteiger partial charge in [0.25, 0.3) is 6.29 Å². The van der Waals surface area contributed by atoms with Crippen LogP contribution < -0.4 is 0 Å². The van der Waals surface area contributed by atoms with Crippen molar-refractivity contribution in [1.29, 1.82) is 0 Å². The molecule has 0 saturated heterocycles. The van der Waals surface area contributed by atoms with Crippen LogP contribution in [0.5, 0.6) is 0 Å². The summed E-state index contributed by atoms with van der Waals surface area (Å²) in [7, 11) is 5.98. The van der Waals surface area contributed by atoms with Crippen molar-refractivity contribution in [3.8, 4) is 0 Å². The fourth-order valence-corrected chi connectivity index (χ4v) is 7.96. The summed E-state index contributed by atoms with van der Waals surface area (Å²) in [6.07, 6.45) is 45.9. The molecule has 0 aromatic heterocycles. The highest BCUT2D eigenvalue weighted by Gasteiger charge is 2.25. The third kappa shape index (κ3) is 46.3. The SMILES string of the molecule is CCCCCCCCCCCCCCCCCCCCCCCCC(=O)OC(COC(=O)CCCCCCCCCCCCCCCCC)COC(OCC[N+](C)(C)C)C(=O)O. The van der Waals surface area contributed by atoms with E-state index < -0.39 is 18.4 Å². The van der Waals surface area contributed by atoms with E-state index in [1.807, 2.05) is 21.1 Å². The first-order valence-corrected chi connectivity index (χ1v) is 26.7. The molecule has 0 aliphatic heterocycles. The third-order valence-electron chi connectivity index (χ3n) is 12.1. The van der Waals surface area contributed by atoms with Crippen LogP contribution in [0.25, 0.3) is 0 Å². The molecule has 0 bridgehead atoms. The van der Waals surface area contributed by atoms with E-state index in [9.17, 15) is 19.5 Å². The van der Waals surface area contributed by atoms with Gasteiger partial charge < -0.3 is 28.5 Å². The standard InChI is InChI=1S/C53H103NO8/c1-6-8-10-12-14-16-18-20-22-23-24-25-26-27-28-30-32-34-36-38-40-42-44-51(56)62-49(48-61-53(52(57)58)59-46-45-54(3,4)5)47-60-50(55)43-41-39-37-35-33-31-29-21-19-17-15-13-11-9-7-2/h49,53H,6-48H2,1-5H3/p+1. The first-order chi connectivity index (χ1) is 30.1. The molecule has 9 nitrogen and oxygen atoms in total. The number of unbranched alkanes of at least 4 members (excludes halogenated alkanes) is 35. The van der Waals surface area contributed by atoms with E-state index in [0.717, 1.165) is 38.5 Å². The number of hydrogen-bond donors (Lipinski definition) is 1. The lowest BCUT2D eigenvalue weighted by Gasteiger charge is -2.25. The number of ether oxygens (including phenoxy) is 4. The van der Waals surface area contributed by atoms with Gasteiger partial charge in [-0.2, -0.15) is 0 Å². The molecule has 2 unspecified atom stereocenters. The Labute approximate surface area is 383 Å². The summed E-state index contributed by atoms with van der Waals surface area (Å²) in [5.41, 5.74) is 0. The van der Waals surface area contributed by atoms with E-state index >= 15 is 0 Å². The second kappa shape index (κ2) is 45.8. The van der Waals surface area contributed by atoms with E-state index in [-0.39, 0.29) is 38.2 Å². The van der Waals surface area contributed by atoms with Crippen LogP contribution >= 0.6 is 0 Å². The normalized spacial score (nSPS) is 12.7. The van der Waals surface area contributed by atoms with Gasteiger partial charge in [-0.15, -0.1) is 0 Å². The second-order valence-electron chi connectivity index (χ2n) is 19.6. The molecule has 0 spiro atoms. The molecule has 9 heteroatoms. The molecule has 0 amide bonds. The number of aliphatic carboxylic acids is 1. The fraction of sp³-hybridized carbons (Fsp3) is 0.943. The number of likely N-dealkylation sites (N-methyl/N-ethyl adjacent to an activating group) is 1. The number of esters is 2. The topological polar surface area (TPSA) is 108 Å². The largest absolute Gasteiger partial charge is 0.477 e. The van der Waals surface area contributed by atoms with Crippen molar-refractivity contribution in [2.45, 2.75) is 277 Å². The quantitative estimate of drug-likeness (QED) is 0.0278. The van der Waals surface area contributed by atoms with Gasteiger partial charge in [0.15, 0.2) is 6.10 Å². The summed E-state index contributed by atoms with van der Waals surface area (Å²) >= 11 is 0. The van der Waals surface area contributed by atoms with Crippen molar-refractivity contribution in [2.24, 2.45) is 0 Å². The Bertz CT molecular complexity index is 985. The highest BCUT2D eigenvalue weighted by atomic mass is 16.7. The fourth-order valence-electron chi connectivity index (χ4n) is 7.96. The average molecular weight is 883 g/mol. The van der Waals surface area contributed by atoms with Gasteiger partial charge in [0.2, 0.25) is 0 Å². The number of carbonyl (C=O) groups excluding carboxylic acids is 2. The van der Waals surface area contributed by atoms with Crippen LogP contribution in [0.3, 0.4) is 0 Å². The number of quaternary nitrogens is 1. The second-order valence-corrected chi connectivity index (χ2v) is 19.6. The Hall–Kier alpha value is -1.71. The maximum Gasteiger partial charge on any atom is 0.361 e. The Kier molecular flexibility index (Phi) is 44.6. The summed E-state index contributed by atoms with van der Waals surface area (Å²) in [5, 5.41) is 9.67. The molecule has 0 aromatic rings. The van der Waals surface area contributed by atoms with Crippen LogP contribution in [-0.4, -0.2) is 87.4 Å². The highest BCUT2D eigenvalue weighted by Crippen LogP contribution is 2.17. The maximum atomic E-state index is 12.8. The van der Waals surface area contributed by atoms with Crippen molar-refractivity contribution in [3.63, 3.8) is 0 Å². The molecular formula is C53H104NO8+. The molecule has 0 aromatic carbocycles. The van der Waals surface area contributed by atoms with Crippen LogP contribution in [-0.2, 0) is 33.3 Å². The predicted octanol–water partition coefficient (Wildman–Crippen LogP) is 14.8. The molecule has 1 N–H and O–H groups in total. The number of carboxylic acids is 1. The van der Waals surface area contributed by atoms with Crippen LogP contribution in [0.1, 0.15) is 264 Å². The summed E-state index contributed by atoms with van der Waals surface area (Å²) in [4.78, 5) is 37.3. The van der Waals surface area contributed by atoms with E-state index in [0.29, 0.717) is 17.4 Å². The Morgan fingerprint density at radius 1 is 0.419 bits per heavy atom. The van der Waals surface area contributed by atoms with Gasteiger partial charge in [-0.3, -0.25) is 9.59 Å². The molecule has 0 saturated carbocycles. The molecule has 0 rings (SSSR count). The molecule has 0 aliphatic carbocycles. The van der Waals surface area contributed by atoms with Gasteiger partial charge in [-0.1, -0.05) is 239 Å². The zero-order chi connectivity index (χ0) is 45.6. The minimum Gasteiger partial charge on any atom is -0.477 e. The van der Waals surface area contributed by atoms with Crippen molar-refractivity contribution >= 4 is 17.9 Å². The lowest BCUT2D eigenvalue weighted by molar-refractivity contribution is -0.870. The van der Waals surface area contributed by atoms with Crippen LogP contribution in [0.15, 0.2) is 0 Å². The van der Waals surface area contributed by atoms with Crippen molar-refractivity contribution < 1.29 is 42.9 Å². The lowest BCUT2D eigenvalue weighted by atomic mass is 10.0. The Balaban J connectivity index is 4.24. The number of carboxylic acid groups (broad SMARTS) is 1. The molecule has 0 fully saturated rings. The minimum absolute atomic E-state index is 0.173. The van der Waals surface area contributed by atoms with Gasteiger partial charge in [-0.05, 0) is 12.8 Å². The average Bonchev–Trinajstić information content (AvgIpc) is 3.23. The molecule has 0 aliphatic rings. The number of carbonyl (C=O) groups is 3. The molecule has 0 heterocycles. The minimum atomic E-state index is -1.50. The number of rotatable bonds is 50. The van der Waals surface area contributed by atoms with Crippen LogP contribution in [0, 0.1) is 0 Å². The molecule has 62 heavy (non-hydrogen) atoms. The highest BCUT2D eigenvalue weighted by molar-refractivity contribution is 5.71. The molecule has 0 radical (unpaired) electrons. The first kappa shape index (κ1) is 60.3. The van der Waals surface area contributed by atoms with Gasteiger partial charge in [0.1, 0.15) is 13.2 Å². The third-order valence-corrected chi connectivity index (χ3v) is 12.1. The molecule has 368 valence electrons. The van der Waals surface area contributed by atoms with E-state index in [1.54, 1.807) is 0 Å². The Morgan fingerprint density at radius 2 is 0.726 bits per heavy atom. The predicted molar refractivity (Wildman–Crippen MR) is 258 cm³/mol. The van der Waals surface area contributed by atoms with Gasteiger partial charge in [0.05, 0.1) is 34.4 Å². The first-order valence-electron chi connectivity index (χ1n) is 26.7. The Morgan fingerprint density at radius 3 is 1.03 bits per heavy atom. The smallest absolute Gasteiger partial charge is 0.361 e. The zero-order valence-electron chi connectivity index (χ0n) is 41.8.